The summed E-state index contributed by atoms with van der Waals surface area (Å²) in [5, 5.41) is 4.91. The lowest BCUT2D eigenvalue weighted by molar-refractivity contribution is 0.140. The first kappa shape index (κ1) is 21.0. The maximum atomic E-state index is 12.2. The third-order valence-corrected chi connectivity index (χ3v) is 6.98. The molecule has 1 aliphatic heterocycles. The summed E-state index contributed by atoms with van der Waals surface area (Å²) >= 11 is 0. The highest BCUT2D eigenvalue weighted by atomic mass is 16.5. The molecule has 1 fully saturated rings. The summed E-state index contributed by atoms with van der Waals surface area (Å²) in [5.41, 5.74) is 5.09. The summed E-state index contributed by atoms with van der Waals surface area (Å²) in [6.07, 6.45) is 7.05. The fourth-order valence-corrected chi connectivity index (χ4v) is 5.10. The molecule has 5 heteroatoms. The van der Waals surface area contributed by atoms with Crippen LogP contribution >= 0.6 is 0 Å². The van der Waals surface area contributed by atoms with Crippen LogP contribution in [0.4, 0.5) is 0 Å². The van der Waals surface area contributed by atoms with Gasteiger partial charge in [-0.2, -0.15) is 0 Å². The Morgan fingerprint density at radius 3 is 2.97 bits per heavy atom. The minimum atomic E-state index is -0.301. The molecule has 2 aromatic heterocycles. The van der Waals surface area contributed by atoms with Crippen LogP contribution in [-0.2, 0) is 6.54 Å². The Bertz CT molecular complexity index is 1240. The number of benzene rings is 1. The van der Waals surface area contributed by atoms with Gasteiger partial charge in [0.25, 0.3) is 0 Å². The quantitative estimate of drug-likeness (QED) is 0.605. The zero-order valence-corrected chi connectivity index (χ0v) is 19.0. The van der Waals surface area contributed by atoms with E-state index in [9.17, 15) is 4.79 Å². The first-order chi connectivity index (χ1) is 15.5. The monoisotopic (exact) mass is 430 g/mol. The minimum absolute atomic E-state index is 0.0667. The molecule has 5 nitrogen and oxygen atoms in total. The number of rotatable bonds is 5. The van der Waals surface area contributed by atoms with Crippen LogP contribution in [0.2, 0.25) is 0 Å². The van der Waals surface area contributed by atoms with Crippen molar-refractivity contribution in [3.8, 4) is 5.75 Å². The highest BCUT2D eigenvalue weighted by molar-refractivity contribution is 5.82. The van der Waals surface area contributed by atoms with Crippen molar-refractivity contribution >= 4 is 17.0 Å². The fraction of sp³-hybridized carbons (Fsp3) is 0.407. The molecular formula is C27H30N2O3. The van der Waals surface area contributed by atoms with Gasteiger partial charge in [0.1, 0.15) is 23.2 Å². The van der Waals surface area contributed by atoms with Crippen molar-refractivity contribution in [1.82, 2.24) is 10.3 Å². The molecule has 3 atom stereocenters. The maximum Gasteiger partial charge on any atom is 0.346 e. The Hall–Kier alpha value is -2.92. The summed E-state index contributed by atoms with van der Waals surface area (Å²) in [5.74, 6) is 2.39. The summed E-state index contributed by atoms with van der Waals surface area (Å²) < 4.78 is 11.5. The predicted molar refractivity (Wildman–Crippen MR) is 127 cm³/mol. The summed E-state index contributed by atoms with van der Waals surface area (Å²) in [4.78, 5) is 16.7. The standard InChI is InChI=1S/C27H30N2O3/c1-16-4-7-24-22(10-16)21(8-9-29-24)15-28-14-17(2)19-5-6-20-12-23-26(32-25(20)13-19)11-18(3)31-27(23)30/h4,7-12,17,19,25,28H,5-6,13-15H2,1-3H3/t17?,19-,25-/m0/s1. The summed E-state index contributed by atoms with van der Waals surface area (Å²) in [7, 11) is 0. The van der Waals surface area contributed by atoms with Crippen molar-refractivity contribution in [2.75, 3.05) is 6.54 Å². The molecule has 2 aliphatic rings. The number of aryl methyl sites for hydroxylation is 2. The molecule has 0 amide bonds. The molecular weight excluding hydrogens is 400 g/mol. The first-order valence-corrected chi connectivity index (χ1v) is 11.5. The van der Waals surface area contributed by atoms with Gasteiger partial charge in [-0.25, -0.2) is 4.79 Å². The molecule has 1 unspecified atom stereocenters. The molecule has 0 bridgehead atoms. The average molecular weight is 431 g/mol. The van der Waals surface area contributed by atoms with E-state index in [1.165, 1.54) is 22.1 Å². The molecule has 0 saturated heterocycles. The van der Waals surface area contributed by atoms with E-state index in [4.69, 9.17) is 9.15 Å². The van der Waals surface area contributed by atoms with Gasteiger partial charge in [0.2, 0.25) is 0 Å². The molecule has 32 heavy (non-hydrogen) atoms. The number of fused-ring (bicyclic) bond motifs is 3. The minimum Gasteiger partial charge on any atom is -0.485 e. The van der Waals surface area contributed by atoms with Crippen LogP contribution in [-0.4, -0.2) is 17.6 Å². The zero-order valence-electron chi connectivity index (χ0n) is 19.0. The second-order valence-electron chi connectivity index (χ2n) is 9.38. The van der Waals surface area contributed by atoms with E-state index < -0.39 is 0 Å². The van der Waals surface area contributed by atoms with Crippen LogP contribution in [0.25, 0.3) is 17.0 Å². The topological polar surface area (TPSA) is 64.4 Å². The lowest BCUT2D eigenvalue weighted by Crippen LogP contribution is -2.36. The van der Waals surface area contributed by atoms with Gasteiger partial charge >= 0.3 is 5.63 Å². The largest absolute Gasteiger partial charge is 0.485 e. The van der Waals surface area contributed by atoms with Gasteiger partial charge < -0.3 is 14.5 Å². The van der Waals surface area contributed by atoms with E-state index in [2.05, 4.69) is 48.4 Å². The summed E-state index contributed by atoms with van der Waals surface area (Å²) in [6.45, 7) is 8.04. The molecule has 5 rings (SSSR count). The molecule has 1 saturated carbocycles. The number of hydrogen-bond donors (Lipinski definition) is 1. The van der Waals surface area contributed by atoms with Gasteiger partial charge in [0, 0.05) is 24.2 Å². The Morgan fingerprint density at radius 2 is 2.09 bits per heavy atom. The Labute approximate surface area is 188 Å². The van der Waals surface area contributed by atoms with Crippen LogP contribution in [0.5, 0.6) is 5.75 Å². The second-order valence-corrected chi connectivity index (χ2v) is 9.38. The van der Waals surface area contributed by atoms with Crippen molar-refractivity contribution in [3.05, 3.63) is 75.0 Å². The Balaban J connectivity index is 1.22. The van der Waals surface area contributed by atoms with E-state index >= 15 is 0 Å². The second kappa shape index (κ2) is 8.55. The van der Waals surface area contributed by atoms with Gasteiger partial charge in [0.15, 0.2) is 0 Å². The van der Waals surface area contributed by atoms with Gasteiger partial charge in [0.05, 0.1) is 5.52 Å². The molecule has 166 valence electrons. The molecule has 1 aromatic carbocycles. The number of ether oxygens (including phenoxy) is 1. The molecule has 1 N–H and O–H groups in total. The van der Waals surface area contributed by atoms with E-state index in [-0.39, 0.29) is 11.7 Å². The third kappa shape index (κ3) is 4.09. The number of pyridine rings is 1. The van der Waals surface area contributed by atoms with Crippen LogP contribution in [0.3, 0.4) is 0 Å². The van der Waals surface area contributed by atoms with Crippen LogP contribution < -0.4 is 15.7 Å². The van der Waals surface area contributed by atoms with Gasteiger partial charge in [-0.05, 0) is 86.9 Å². The van der Waals surface area contributed by atoms with Crippen molar-refractivity contribution < 1.29 is 9.15 Å². The van der Waals surface area contributed by atoms with Crippen LogP contribution in [0.1, 0.15) is 48.6 Å². The maximum absolute atomic E-state index is 12.2. The lowest BCUT2D eigenvalue weighted by atomic mass is 9.76. The smallest absolute Gasteiger partial charge is 0.346 e. The predicted octanol–water partition coefficient (Wildman–Crippen LogP) is 5.18. The van der Waals surface area contributed by atoms with E-state index in [0.29, 0.717) is 28.9 Å². The third-order valence-electron chi connectivity index (χ3n) is 6.98. The Morgan fingerprint density at radius 1 is 1.22 bits per heavy atom. The van der Waals surface area contributed by atoms with Gasteiger partial charge in [-0.1, -0.05) is 18.6 Å². The summed E-state index contributed by atoms with van der Waals surface area (Å²) in [6, 6.07) is 10.4. The Kier molecular flexibility index (Phi) is 5.60. The van der Waals surface area contributed by atoms with Crippen LogP contribution in [0, 0.1) is 25.7 Å². The van der Waals surface area contributed by atoms with E-state index in [0.717, 1.165) is 37.9 Å². The molecule has 3 aromatic rings. The van der Waals surface area contributed by atoms with Crippen molar-refractivity contribution in [2.24, 2.45) is 11.8 Å². The molecule has 3 heterocycles. The van der Waals surface area contributed by atoms with Gasteiger partial charge in [-0.15, -0.1) is 0 Å². The first-order valence-electron chi connectivity index (χ1n) is 11.5. The van der Waals surface area contributed by atoms with E-state index in [1.54, 1.807) is 6.92 Å². The number of aromatic nitrogens is 1. The fourth-order valence-electron chi connectivity index (χ4n) is 5.10. The molecule has 0 spiro atoms. The highest BCUT2D eigenvalue weighted by Gasteiger charge is 2.33. The number of nitrogens with one attached hydrogen (secondary N) is 1. The zero-order chi connectivity index (χ0) is 22.2. The lowest BCUT2D eigenvalue weighted by Gasteiger charge is -2.37. The molecule has 1 aliphatic carbocycles. The number of nitrogens with zero attached hydrogens (tertiary/aromatic N) is 1. The normalized spacial score (nSPS) is 20.8. The van der Waals surface area contributed by atoms with Crippen LogP contribution in [0.15, 0.2) is 51.3 Å². The van der Waals surface area contributed by atoms with Crippen molar-refractivity contribution in [1.29, 1.82) is 0 Å². The highest BCUT2D eigenvalue weighted by Crippen LogP contribution is 2.40. The SMILES string of the molecule is Cc1ccc2nccc(CNCC(C)[C@H]3CCC4=Cc5c(cc(C)oc5=O)O[C@H]4C3)c2c1. The van der Waals surface area contributed by atoms with Gasteiger partial charge in [-0.3, -0.25) is 4.98 Å². The van der Waals surface area contributed by atoms with Crippen molar-refractivity contribution in [3.63, 3.8) is 0 Å². The van der Waals surface area contributed by atoms with E-state index in [1.807, 2.05) is 18.3 Å². The molecule has 0 radical (unpaired) electrons. The number of hydrogen-bond acceptors (Lipinski definition) is 5. The van der Waals surface area contributed by atoms with Crippen molar-refractivity contribution in [2.45, 2.75) is 52.7 Å². The average Bonchev–Trinajstić information content (AvgIpc) is 2.77.